The Labute approximate surface area is 213 Å². The fourth-order valence-electron chi connectivity index (χ4n) is 4.00. The van der Waals surface area contributed by atoms with Gasteiger partial charge in [0.2, 0.25) is 0 Å². The van der Waals surface area contributed by atoms with E-state index in [1.54, 1.807) is 6.20 Å². The van der Waals surface area contributed by atoms with Crippen LogP contribution in [-0.4, -0.2) is 85.8 Å². The number of imidazole rings is 1. The minimum Gasteiger partial charge on any atom is -0.475 e. The minimum absolute atomic E-state index is 0.322. The van der Waals surface area contributed by atoms with Crippen molar-refractivity contribution in [1.29, 1.82) is 0 Å². The third-order valence-electron chi connectivity index (χ3n) is 5.82. The second-order valence-corrected chi connectivity index (χ2v) is 8.39. The summed E-state index contributed by atoms with van der Waals surface area (Å²) in [5.41, 5.74) is 1.08. The van der Waals surface area contributed by atoms with E-state index < -0.39 is 24.3 Å². The molecule has 0 spiro atoms. The molecule has 2 aromatic rings. The van der Waals surface area contributed by atoms with Gasteiger partial charge in [0.05, 0.1) is 24.9 Å². The smallest absolute Gasteiger partial charge is 0.475 e. The average Bonchev–Trinajstić information content (AvgIpc) is 3.44. The molecule has 0 amide bonds. The summed E-state index contributed by atoms with van der Waals surface area (Å²) in [7, 11) is 2.07. The number of rotatable bonds is 5. The number of morpholine rings is 1. The van der Waals surface area contributed by atoms with E-state index in [-0.39, 0.29) is 0 Å². The predicted molar refractivity (Wildman–Crippen MR) is 120 cm³/mol. The van der Waals surface area contributed by atoms with E-state index in [4.69, 9.17) is 24.5 Å². The van der Waals surface area contributed by atoms with Gasteiger partial charge in [-0.25, -0.2) is 14.6 Å². The van der Waals surface area contributed by atoms with Crippen LogP contribution in [0.2, 0.25) is 0 Å². The third kappa shape index (κ3) is 9.48. The number of fused-ring (bicyclic) bond motifs is 1. The minimum atomic E-state index is -5.08. The quantitative estimate of drug-likeness (QED) is 0.477. The van der Waals surface area contributed by atoms with Crippen molar-refractivity contribution in [2.24, 2.45) is 13.0 Å². The lowest BCUT2D eigenvalue weighted by Gasteiger charge is -2.39. The summed E-state index contributed by atoms with van der Waals surface area (Å²) in [6.07, 6.45) is 0.139. The molecule has 3 N–H and O–H groups in total. The fraction of sp³-hybridized carbons (Fsp3) is 0.545. The molecule has 1 saturated heterocycles. The number of nitrogens with zero attached hydrogens (tertiary/aromatic N) is 4. The van der Waals surface area contributed by atoms with E-state index >= 15 is 0 Å². The van der Waals surface area contributed by atoms with Gasteiger partial charge in [0.15, 0.2) is 0 Å². The normalized spacial score (nSPS) is 21.3. The van der Waals surface area contributed by atoms with Crippen LogP contribution in [0.25, 0.3) is 0 Å². The Hall–Kier alpha value is -3.40. The van der Waals surface area contributed by atoms with E-state index in [9.17, 15) is 26.3 Å². The number of hydrogen-bond donors (Lipinski definition) is 3. The maximum atomic E-state index is 10.6. The maximum absolute atomic E-state index is 10.6. The first-order valence-electron chi connectivity index (χ1n) is 11.3. The number of aliphatic carboxylic acids is 2. The van der Waals surface area contributed by atoms with Crippen molar-refractivity contribution in [3.63, 3.8) is 0 Å². The lowest BCUT2D eigenvalue weighted by atomic mass is 10.0. The second-order valence-electron chi connectivity index (χ2n) is 8.39. The van der Waals surface area contributed by atoms with Crippen LogP contribution < -0.4 is 5.32 Å². The summed E-state index contributed by atoms with van der Waals surface area (Å²) >= 11 is 0. The van der Waals surface area contributed by atoms with Crippen molar-refractivity contribution in [1.82, 2.24) is 19.4 Å². The number of halogens is 6. The van der Waals surface area contributed by atoms with Crippen molar-refractivity contribution in [2.75, 3.05) is 25.0 Å². The van der Waals surface area contributed by atoms with Gasteiger partial charge in [-0.15, -0.1) is 0 Å². The van der Waals surface area contributed by atoms with E-state index in [1.807, 2.05) is 24.7 Å². The Bertz CT molecular complexity index is 1010. The summed E-state index contributed by atoms with van der Waals surface area (Å²) in [6.45, 7) is 3.67. The molecule has 1 aliphatic heterocycles. The molecule has 10 nitrogen and oxygen atoms in total. The van der Waals surface area contributed by atoms with Crippen molar-refractivity contribution >= 4 is 17.6 Å². The highest BCUT2D eigenvalue weighted by Crippen LogP contribution is 2.35. The zero-order valence-electron chi connectivity index (χ0n) is 20.1. The van der Waals surface area contributed by atoms with Gasteiger partial charge in [0, 0.05) is 56.9 Å². The van der Waals surface area contributed by atoms with Crippen LogP contribution in [-0.2, 0) is 27.9 Å². The van der Waals surface area contributed by atoms with Crippen molar-refractivity contribution in [3.8, 4) is 0 Å². The molecule has 3 unspecified atom stereocenters. The molecule has 2 aliphatic rings. The zero-order valence-corrected chi connectivity index (χ0v) is 20.1. The highest BCUT2D eigenvalue weighted by atomic mass is 19.4. The number of ether oxygens (including phenoxy) is 1. The Balaban J connectivity index is 0.000000301. The standard InChI is InChI=1S/C18H25N5O.2C2HF3O2/c1-22-8-7-20-17(22)13-23-9-10-24-18-14(4-5-16(18)23)11-21-15-3-2-6-19-12-15;2*3-2(4,5)1(6)7/h2-3,6-8,12,14,16,18,21H,4-5,9-11,13H2,1H3;2*(H,6,7). The van der Waals surface area contributed by atoms with Gasteiger partial charge in [-0.1, -0.05) is 0 Å². The van der Waals surface area contributed by atoms with Crippen molar-refractivity contribution < 1.29 is 50.9 Å². The van der Waals surface area contributed by atoms with Crippen LogP contribution in [0.5, 0.6) is 0 Å². The monoisotopic (exact) mass is 555 g/mol. The van der Waals surface area contributed by atoms with Gasteiger partial charge in [-0.05, 0) is 25.0 Å². The fourth-order valence-corrected chi connectivity index (χ4v) is 4.00. The van der Waals surface area contributed by atoms with Crippen molar-refractivity contribution in [2.45, 2.75) is 43.9 Å². The number of aryl methyl sites for hydroxylation is 1. The first-order valence-corrected chi connectivity index (χ1v) is 11.3. The number of aromatic nitrogens is 3. The number of pyridine rings is 1. The number of nitrogens with one attached hydrogen (secondary N) is 1. The topological polar surface area (TPSA) is 130 Å². The van der Waals surface area contributed by atoms with Crippen molar-refractivity contribution in [3.05, 3.63) is 42.7 Å². The van der Waals surface area contributed by atoms with E-state index in [2.05, 4.69) is 37.9 Å². The van der Waals surface area contributed by atoms with E-state index in [0.717, 1.165) is 37.8 Å². The molecule has 0 radical (unpaired) electrons. The van der Waals surface area contributed by atoms with Crippen LogP contribution >= 0.6 is 0 Å². The van der Waals surface area contributed by atoms with Gasteiger partial charge in [-0.2, -0.15) is 26.3 Å². The lowest BCUT2D eigenvalue weighted by molar-refractivity contribution is -0.193. The molecule has 2 aromatic heterocycles. The Morgan fingerprint density at radius 1 is 1.11 bits per heavy atom. The highest BCUT2D eigenvalue weighted by molar-refractivity contribution is 5.73. The highest BCUT2D eigenvalue weighted by Gasteiger charge is 2.42. The van der Waals surface area contributed by atoms with Crippen LogP contribution in [0.1, 0.15) is 18.7 Å². The number of carbonyl (C=O) groups is 2. The number of carboxylic acid groups (broad SMARTS) is 2. The summed E-state index contributed by atoms with van der Waals surface area (Å²) in [4.78, 5) is 29.0. The molecule has 4 rings (SSSR count). The molecule has 38 heavy (non-hydrogen) atoms. The van der Waals surface area contributed by atoms with E-state index in [1.165, 1.54) is 12.8 Å². The third-order valence-corrected chi connectivity index (χ3v) is 5.82. The Kier molecular flexibility index (Phi) is 10.9. The second kappa shape index (κ2) is 13.4. The molecule has 212 valence electrons. The largest absolute Gasteiger partial charge is 0.490 e. The molecule has 0 aromatic carbocycles. The molecular weight excluding hydrogens is 528 g/mol. The van der Waals surface area contributed by atoms with Crippen LogP contribution in [0, 0.1) is 5.92 Å². The molecule has 2 fully saturated rings. The number of carboxylic acids is 2. The molecule has 3 heterocycles. The van der Waals surface area contributed by atoms with Gasteiger partial charge in [-0.3, -0.25) is 9.88 Å². The van der Waals surface area contributed by atoms with E-state index in [0.29, 0.717) is 18.1 Å². The molecule has 3 atom stereocenters. The number of hydrogen-bond acceptors (Lipinski definition) is 7. The van der Waals surface area contributed by atoms with Crippen LogP contribution in [0.4, 0.5) is 32.0 Å². The maximum Gasteiger partial charge on any atom is 0.490 e. The summed E-state index contributed by atoms with van der Waals surface area (Å²) < 4.78 is 71.7. The number of alkyl halides is 6. The lowest BCUT2D eigenvalue weighted by Crippen LogP contribution is -2.50. The van der Waals surface area contributed by atoms with Gasteiger partial charge in [0.25, 0.3) is 0 Å². The predicted octanol–water partition coefficient (Wildman–Crippen LogP) is 3.17. The molecular formula is C22H27F6N5O5. The average molecular weight is 555 g/mol. The molecule has 1 saturated carbocycles. The molecule has 1 aliphatic carbocycles. The van der Waals surface area contributed by atoms with Gasteiger partial charge < -0.3 is 24.8 Å². The number of anilines is 1. The summed E-state index contributed by atoms with van der Waals surface area (Å²) in [5, 5.41) is 17.8. The Morgan fingerprint density at radius 2 is 1.74 bits per heavy atom. The van der Waals surface area contributed by atoms with Crippen LogP contribution in [0.15, 0.2) is 36.9 Å². The SMILES string of the molecule is Cn1ccnc1CN1CCOC2C(CNc3cccnc3)CCC21.O=C(O)C(F)(F)F.O=C(O)C(F)(F)F. The first kappa shape index (κ1) is 30.8. The van der Waals surface area contributed by atoms with Crippen LogP contribution in [0.3, 0.4) is 0 Å². The Morgan fingerprint density at radius 3 is 2.24 bits per heavy atom. The van der Waals surface area contributed by atoms with Gasteiger partial charge in [0.1, 0.15) is 5.82 Å². The molecule has 0 bridgehead atoms. The summed E-state index contributed by atoms with van der Waals surface area (Å²) in [5.74, 6) is -3.83. The zero-order chi connectivity index (χ0) is 28.5. The van der Waals surface area contributed by atoms with Gasteiger partial charge >= 0.3 is 24.3 Å². The summed E-state index contributed by atoms with van der Waals surface area (Å²) in [6, 6.07) is 4.54. The first-order chi connectivity index (χ1) is 17.7. The molecule has 16 heteroatoms.